The molecule has 0 aromatic heterocycles. The first-order valence-corrected chi connectivity index (χ1v) is 10.6. The van der Waals surface area contributed by atoms with Crippen LogP contribution in [0.4, 0.5) is 0 Å². The number of carbonyl (C=O) groups is 1. The molecular weight excluding hydrogens is 326 g/mol. The van der Waals surface area contributed by atoms with Crippen LogP contribution >= 0.6 is 0 Å². The smallest absolute Gasteiger partial charge is 0.246 e. The molecule has 0 aliphatic heterocycles. The van der Waals surface area contributed by atoms with E-state index in [1.54, 1.807) is 0 Å². The molecule has 0 bridgehead atoms. The molecule has 4 aliphatic carbocycles. The summed E-state index contributed by atoms with van der Waals surface area (Å²) in [5, 5.41) is 19.2. The lowest BCUT2D eigenvalue weighted by Gasteiger charge is -2.58. The molecule has 0 heterocycles. The van der Waals surface area contributed by atoms with Crippen molar-refractivity contribution in [2.45, 2.75) is 78.2 Å². The lowest BCUT2D eigenvalue weighted by atomic mass is 9.47. The summed E-state index contributed by atoms with van der Waals surface area (Å²) in [5.74, 6) is 2.15. The zero-order valence-corrected chi connectivity index (χ0v) is 16.5. The van der Waals surface area contributed by atoms with E-state index in [0.717, 1.165) is 38.0 Å². The zero-order valence-electron chi connectivity index (χ0n) is 16.5. The number of hydrogen-bond acceptors (Lipinski definition) is 3. The molecule has 4 aliphatic rings. The standard InChI is InChI=1S/C22H35NO3/c1-13(20(25)23-26)17-6-7-18-16-5-4-14-12-15(24)8-10-21(14,2)19(16)9-11-22(17,18)3/h4,13,15-19,24,26H,5-12H2,1-3H3,(H,23,25)/t13?,15-,16-,17+,18-,19-,21-,22+/m0/s1. The van der Waals surface area contributed by atoms with Crippen molar-refractivity contribution in [1.82, 2.24) is 5.48 Å². The first-order valence-electron chi connectivity index (χ1n) is 10.6. The molecule has 8 atom stereocenters. The molecule has 0 spiro atoms. The van der Waals surface area contributed by atoms with Gasteiger partial charge < -0.3 is 5.11 Å². The van der Waals surface area contributed by atoms with Crippen LogP contribution in [-0.4, -0.2) is 22.3 Å². The Balaban J connectivity index is 1.61. The van der Waals surface area contributed by atoms with Gasteiger partial charge in [-0.25, -0.2) is 5.48 Å². The Morgan fingerprint density at radius 1 is 1.19 bits per heavy atom. The highest BCUT2D eigenvalue weighted by Crippen LogP contribution is 2.67. The Morgan fingerprint density at radius 2 is 1.96 bits per heavy atom. The van der Waals surface area contributed by atoms with Gasteiger partial charge in [0, 0.05) is 5.92 Å². The van der Waals surface area contributed by atoms with Crippen LogP contribution in [0.25, 0.3) is 0 Å². The normalized spacial score (nSPS) is 48.7. The summed E-state index contributed by atoms with van der Waals surface area (Å²) in [6, 6.07) is 0. The average molecular weight is 362 g/mol. The van der Waals surface area contributed by atoms with E-state index in [9.17, 15) is 9.90 Å². The molecular formula is C22H35NO3. The van der Waals surface area contributed by atoms with Gasteiger partial charge in [0.2, 0.25) is 5.91 Å². The predicted octanol–water partition coefficient (Wildman–Crippen LogP) is 4.07. The molecule has 0 aromatic carbocycles. The summed E-state index contributed by atoms with van der Waals surface area (Å²) in [7, 11) is 0. The number of allylic oxidation sites excluding steroid dienone is 1. The Bertz CT molecular complexity index is 617. The molecule has 0 saturated heterocycles. The number of rotatable bonds is 2. The number of nitrogens with one attached hydrogen (secondary N) is 1. The fourth-order valence-electron chi connectivity index (χ4n) is 7.79. The van der Waals surface area contributed by atoms with Crippen LogP contribution in [0.1, 0.15) is 72.1 Å². The summed E-state index contributed by atoms with van der Waals surface area (Å²) < 4.78 is 0. The fraction of sp³-hybridized carbons (Fsp3) is 0.864. The molecule has 0 radical (unpaired) electrons. The second-order valence-electron chi connectivity index (χ2n) is 10.1. The minimum atomic E-state index is -0.224. The van der Waals surface area contributed by atoms with E-state index in [2.05, 4.69) is 19.9 Å². The Morgan fingerprint density at radius 3 is 2.69 bits per heavy atom. The highest BCUT2D eigenvalue weighted by molar-refractivity contribution is 5.77. The minimum absolute atomic E-state index is 0.123. The Kier molecular flexibility index (Phi) is 4.51. The molecule has 4 nitrogen and oxygen atoms in total. The molecule has 3 saturated carbocycles. The summed E-state index contributed by atoms with van der Waals surface area (Å²) in [6.07, 6.45) is 11.2. The Hall–Kier alpha value is -0.870. The van der Waals surface area contributed by atoms with Gasteiger partial charge in [0.1, 0.15) is 0 Å². The molecule has 26 heavy (non-hydrogen) atoms. The van der Waals surface area contributed by atoms with Crippen LogP contribution in [0.3, 0.4) is 0 Å². The van der Waals surface area contributed by atoms with E-state index in [1.807, 2.05) is 12.4 Å². The quantitative estimate of drug-likeness (QED) is 0.394. The number of aliphatic hydroxyl groups is 1. The van der Waals surface area contributed by atoms with E-state index in [4.69, 9.17) is 5.21 Å². The Labute approximate surface area is 157 Å². The van der Waals surface area contributed by atoms with Crippen LogP contribution in [0.5, 0.6) is 0 Å². The molecule has 3 fully saturated rings. The minimum Gasteiger partial charge on any atom is -0.393 e. The molecule has 4 rings (SSSR count). The second kappa shape index (κ2) is 6.34. The van der Waals surface area contributed by atoms with Crippen molar-refractivity contribution in [2.24, 2.45) is 40.4 Å². The average Bonchev–Trinajstić information content (AvgIpc) is 2.98. The van der Waals surface area contributed by atoms with Crippen LogP contribution in [0.2, 0.25) is 0 Å². The van der Waals surface area contributed by atoms with Gasteiger partial charge in [0.25, 0.3) is 0 Å². The summed E-state index contributed by atoms with van der Waals surface area (Å²) >= 11 is 0. The lowest BCUT2D eigenvalue weighted by Crippen LogP contribution is -2.51. The number of carbonyl (C=O) groups excluding carboxylic acids is 1. The second-order valence-corrected chi connectivity index (χ2v) is 10.1. The van der Waals surface area contributed by atoms with E-state index in [1.165, 1.54) is 24.8 Å². The van der Waals surface area contributed by atoms with E-state index < -0.39 is 0 Å². The molecule has 0 aromatic rings. The van der Waals surface area contributed by atoms with Crippen molar-refractivity contribution in [2.75, 3.05) is 0 Å². The maximum absolute atomic E-state index is 12.1. The first kappa shape index (κ1) is 18.5. The highest BCUT2D eigenvalue weighted by atomic mass is 16.5. The van der Waals surface area contributed by atoms with Gasteiger partial charge in [0.05, 0.1) is 6.10 Å². The van der Waals surface area contributed by atoms with Gasteiger partial charge in [-0.2, -0.15) is 0 Å². The maximum atomic E-state index is 12.1. The molecule has 1 unspecified atom stereocenters. The number of aliphatic hydroxyl groups excluding tert-OH is 1. The van der Waals surface area contributed by atoms with Gasteiger partial charge in [-0.1, -0.05) is 32.4 Å². The van der Waals surface area contributed by atoms with E-state index in [0.29, 0.717) is 17.8 Å². The van der Waals surface area contributed by atoms with Gasteiger partial charge in [-0.05, 0) is 85.9 Å². The van der Waals surface area contributed by atoms with Gasteiger partial charge in [-0.3, -0.25) is 10.0 Å². The topological polar surface area (TPSA) is 69.6 Å². The van der Waals surface area contributed by atoms with Crippen molar-refractivity contribution in [3.05, 3.63) is 11.6 Å². The third kappa shape index (κ3) is 2.51. The van der Waals surface area contributed by atoms with Crippen molar-refractivity contribution in [3.63, 3.8) is 0 Å². The van der Waals surface area contributed by atoms with E-state index in [-0.39, 0.29) is 28.8 Å². The number of hydroxylamine groups is 1. The molecule has 1 amide bonds. The van der Waals surface area contributed by atoms with Crippen LogP contribution in [-0.2, 0) is 4.79 Å². The SMILES string of the molecule is CC(C(=O)NO)[C@H]1CC[C@H]2[C@@H]3CC=C4C[C@@H](O)CC[C@]4(C)[C@H]3CC[C@]12C. The third-order valence-electron chi connectivity index (χ3n) is 9.28. The first-order chi connectivity index (χ1) is 12.3. The van der Waals surface area contributed by atoms with Crippen molar-refractivity contribution < 1.29 is 15.1 Å². The van der Waals surface area contributed by atoms with Gasteiger partial charge >= 0.3 is 0 Å². The monoisotopic (exact) mass is 361 g/mol. The molecule has 4 heteroatoms. The predicted molar refractivity (Wildman–Crippen MR) is 100 cm³/mol. The molecule has 146 valence electrons. The van der Waals surface area contributed by atoms with Crippen molar-refractivity contribution >= 4 is 5.91 Å². The van der Waals surface area contributed by atoms with Crippen LogP contribution in [0.15, 0.2) is 11.6 Å². The van der Waals surface area contributed by atoms with Crippen molar-refractivity contribution in [1.29, 1.82) is 0 Å². The summed E-state index contributed by atoms with van der Waals surface area (Å²) in [5.41, 5.74) is 3.89. The lowest BCUT2D eigenvalue weighted by molar-refractivity contribution is -0.137. The third-order valence-corrected chi connectivity index (χ3v) is 9.28. The van der Waals surface area contributed by atoms with Crippen LogP contribution < -0.4 is 5.48 Å². The van der Waals surface area contributed by atoms with Crippen molar-refractivity contribution in [3.8, 4) is 0 Å². The maximum Gasteiger partial charge on any atom is 0.246 e. The van der Waals surface area contributed by atoms with Gasteiger partial charge in [0.15, 0.2) is 0 Å². The highest BCUT2D eigenvalue weighted by Gasteiger charge is 2.59. The number of amides is 1. The van der Waals surface area contributed by atoms with E-state index >= 15 is 0 Å². The number of fused-ring (bicyclic) bond motifs is 5. The van der Waals surface area contributed by atoms with Gasteiger partial charge in [-0.15, -0.1) is 0 Å². The van der Waals surface area contributed by atoms with Crippen LogP contribution in [0, 0.1) is 40.4 Å². The summed E-state index contributed by atoms with van der Waals surface area (Å²) in [6.45, 7) is 6.86. The largest absolute Gasteiger partial charge is 0.393 e. The zero-order chi connectivity index (χ0) is 18.7. The fourth-order valence-corrected chi connectivity index (χ4v) is 7.79. The summed E-state index contributed by atoms with van der Waals surface area (Å²) in [4.78, 5) is 12.1. The number of hydrogen-bond donors (Lipinski definition) is 3. The molecule has 3 N–H and O–H groups in total.